The molecule has 0 saturated heterocycles. The van der Waals surface area contributed by atoms with Gasteiger partial charge in [-0.05, 0) is 18.8 Å². The molecule has 0 aromatic rings. The number of hydrogen-bond donors (Lipinski definition) is 0. The van der Waals surface area contributed by atoms with Gasteiger partial charge < -0.3 is 9.47 Å². The first-order valence-electron chi connectivity index (χ1n) is 6.73. The standard InChI is InChI=1S/C14H30O2/c1-6-9-10-16-12-13(11-15-8-3)14(4,5)7-2/h13H,6-12H2,1-5H3. The average molecular weight is 230 g/mol. The quantitative estimate of drug-likeness (QED) is 0.530. The van der Waals surface area contributed by atoms with E-state index in [4.69, 9.17) is 9.47 Å². The molecule has 0 bridgehead atoms. The van der Waals surface area contributed by atoms with Crippen molar-refractivity contribution < 1.29 is 9.47 Å². The van der Waals surface area contributed by atoms with Crippen LogP contribution in [0.2, 0.25) is 0 Å². The summed E-state index contributed by atoms with van der Waals surface area (Å²) in [7, 11) is 0. The van der Waals surface area contributed by atoms with Crippen LogP contribution in [0, 0.1) is 11.3 Å². The van der Waals surface area contributed by atoms with Crippen LogP contribution in [0.15, 0.2) is 0 Å². The Morgan fingerprint density at radius 2 is 1.62 bits per heavy atom. The van der Waals surface area contributed by atoms with Gasteiger partial charge in [0.1, 0.15) is 0 Å². The van der Waals surface area contributed by atoms with Crippen LogP contribution in [0.4, 0.5) is 0 Å². The Morgan fingerprint density at radius 1 is 1.00 bits per heavy atom. The molecule has 16 heavy (non-hydrogen) atoms. The lowest BCUT2D eigenvalue weighted by Crippen LogP contribution is -2.31. The van der Waals surface area contributed by atoms with E-state index in [1.165, 1.54) is 12.8 Å². The van der Waals surface area contributed by atoms with Crippen LogP contribution in [-0.2, 0) is 9.47 Å². The maximum atomic E-state index is 5.74. The van der Waals surface area contributed by atoms with Crippen LogP contribution >= 0.6 is 0 Å². The second-order valence-electron chi connectivity index (χ2n) is 5.13. The molecule has 0 aromatic carbocycles. The molecule has 0 aliphatic carbocycles. The highest BCUT2D eigenvalue weighted by Gasteiger charge is 2.27. The molecule has 0 aromatic heterocycles. The highest BCUT2D eigenvalue weighted by molar-refractivity contribution is 4.76. The molecular formula is C14H30O2. The summed E-state index contributed by atoms with van der Waals surface area (Å²) >= 11 is 0. The van der Waals surface area contributed by atoms with Crippen LogP contribution in [0.25, 0.3) is 0 Å². The van der Waals surface area contributed by atoms with Crippen molar-refractivity contribution in [2.75, 3.05) is 26.4 Å². The Morgan fingerprint density at radius 3 is 2.12 bits per heavy atom. The zero-order valence-electron chi connectivity index (χ0n) is 11.8. The maximum absolute atomic E-state index is 5.74. The Labute approximate surface area is 102 Å². The maximum Gasteiger partial charge on any atom is 0.0521 e. The largest absolute Gasteiger partial charge is 0.381 e. The topological polar surface area (TPSA) is 18.5 Å². The van der Waals surface area contributed by atoms with Crippen LogP contribution in [0.1, 0.15) is 53.9 Å². The second-order valence-corrected chi connectivity index (χ2v) is 5.13. The molecule has 98 valence electrons. The lowest BCUT2D eigenvalue weighted by Gasteiger charge is -2.33. The summed E-state index contributed by atoms with van der Waals surface area (Å²) in [6.45, 7) is 14.4. The van der Waals surface area contributed by atoms with E-state index in [9.17, 15) is 0 Å². The molecule has 0 radical (unpaired) electrons. The first kappa shape index (κ1) is 15.9. The van der Waals surface area contributed by atoms with Crippen molar-refractivity contribution in [3.63, 3.8) is 0 Å². The van der Waals surface area contributed by atoms with Crippen molar-refractivity contribution in [2.24, 2.45) is 11.3 Å². The normalized spacial score (nSPS) is 14.1. The van der Waals surface area contributed by atoms with Gasteiger partial charge in [-0.2, -0.15) is 0 Å². The molecule has 2 nitrogen and oxygen atoms in total. The molecule has 0 amide bonds. The summed E-state index contributed by atoms with van der Waals surface area (Å²) in [5, 5.41) is 0. The predicted octanol–water partition coefficient (Wildman–Crippen LogP) is 3.89. The zero-order valence-corrected chi connectivity index (χ0v) is 11.8. The lowest BCUT2D eigenvalue weighted by molar-refractivity contribution is -0.00903. The number of rotatable bonds is 10. The van der Waals surface area contributed by atoms with Gasteiger partial charge in [-0.1, -0.05) is 40.5 Å². The van der Waals surface area contributed by atoms with Crippen LogP contribution in [0.5, 0.6) is 0 Å². The summed E-state index contributed by atoms with van der Waals surface area (Å²) in [6, 6.07) is 0. The molecule has 1 unspecified atom stereocenters. The fourth-order valence-corrected chi connectivity index (χ4v) is 1.52. The van der Waals surface area contributed by atoms with Crippen LogP contribution < -0.4 is 0 Å². The minimum absolute atomic E-state index is 0.307. The number of hydrogen-bond acceptors (Lipinski definition) is 2. The van der Waals surface area contributed by atoms with Gasteiger partial charge in [0, 0.05) is 19.1 Å². The molecule has 0 aliphatic heterocycles. The van der Waals surface area contributed by atoms with Gasteiger partial charge in [-0.25, -0.2) is 0 Å². The van der Waals surface area contributed by atoms with Crippen molar-refractivity contribution in [2.45, 2.75) is 53.9 Å². The summed E-state index contributed by atoms with van der Waals surface area (Å²) in [6.07, 6.45) is 3.53. The van der Waals surface area contributed by atoms with Crippen molar-refractivity contribution in [1.82, 2.24) is 0 Å². The number of unbranched alkanes of at least 4 members (excludes halogenated alkanes) is 1. The molecule has 0 spiro atoms. The van der Waals surface area contributed by atoms with Crippen LogP contribution in [-0.4, -0.2) is 26.4 Å². The SMILES string of the molecule is CCCCOCC(COCC)C(C)(C)CC. The third-order valence-corrected chi connectivity index (χ3v) is 3.50. The first-order chi connectivity index (χ1) is 7.58. The Balaban J connectivity index is 4.00. The fraction of sp³-hybridized carbons (Fsp3) is 1.00. The molecular weight excluding hydrogens is 200 g/mol. The van der Waals surface area contributed by atoms with Crippen LogP contribution in [0.3, 0.4) is 0 Å². The van der Waals surface area contributed by atoms with E-state index in [2.05, 4.69) is 27.7 Å². The monoisotopic (exact) mass is 230 g/mol. The summed E-state index contributed by atoms with van der Waals surface area (Å²) in [4.78, 5) is 0. The highest BCUT2D eigenvalue weighted by atomic mass is 16.5. The average Bonchev–Trinajstić information content (AvgIpc) is 2.28. The van der Waals surface area contributed by atoms with Crippen molar-refractivity contribution in [3.8, 4) is 0 Å². The minimum atomic E-state index is 0.307. The van der Waals surface area contributed by atoms with Gasteiger partial charge in [-0.3, -0.25) is 0 Å². The molecule has 0 aliphatic rings. The molecule has 0 saturated carbocycles. The third-order valence-electron chi connectivity index (χ3n) is 3.50. The van der Waals surface area contributed by atoms with Gasteiger partial charge in [0.05, 0.1) is 13.2 Å². The molecule has 1 atom stereocenters. The van der Waals surface area contributed by atoms with Gasteiger partial charge in [0.25, 0.3) is 0 Å². The molecule has 0 rings (SSSR count). The van der Waals surface area contributed by atoms with Gasteiger partial charge in [0.15, 0.2) is 0 Å². The smallest absolute Gasteiger partial charge is 0.0521 e. The first-order valence-corrected chi connectivity index (χ1v) is 6.73. The predicted molar refractivity (Wildman–Crippen MR) is 69.8 cm³/mol. The Bertz CT molecular complexity index is 155. The number of ether oxygens (including phenoxy) is 2. The Kier molecular flexibility index (Phi) is 8.96. The lowest BCUT2D eigenvalue weighted by atomic mass is 9.77. The van der Waals surface area contributed by atoms with E-state index in [-0.39, 0.29) is 0 Å². The van der Waals surface area contributed by atoms with E-state index >= 15 is 0 Å². The minimum Gasteiger partial charge on any atom is -0.381 e. The van der Waals surface area contributed by atoms with E-state index < -0.39 is 0 Å². The summed E-state index contributed by atoms with van der Waals surface area (Å²) in [5.74, 6) is 0.509. The molecule has 2 heteroatoms. The van der Waals surface area contributed by atoms with E-state index in [1.54, 1.807) is 0 Å². The van der Waals surface area contributed by atoms with Crippen molar-refractivity contribution in [3.05, 3.63) is 0 Å². The third kappa shape index (κ3) is 6.49. The fourth-order valence-electron chi connectivity index (χ4n) is 1.52. The summed E-state index contributed by atoms with van der Waals surface area (Å²) < 4.78 is 11.3. The van der Waals surface area contributed by atoms with Gasteiger partial charge in [0.2, 0.25) is 0 Å². The summed E-state index contributed by atoms with van der Waals surface area (Å²) in [5.41, 5.74) is 0.307. The van der Waals surface area contributed by atoms with E-state index in [1.807, 2.05) is 6.92 Å². The molecule has 0 N–H and O–H groups in total. The Hall–Kier alpha value is -0.0800. The van der Waals surface area contributed by atoms with Crippen molar-refractivity contribution in [1.29, 1.82) is 0 Å². The van der Waals surface area contributed by atoms with Gasteiger partial charge in [-0.15, -0.1) is 0 Å². The molecule has 0 fully saturated rings. The second kappa shape index (κ2) is 9.00. The highest BCUT2D eigenvalue weighted by Crippen LogP contribution is 2.31. The zero-order chi connectivity index (χ0) is 12.4. The molecule has 0 heterocycles. The van der Waals surface area contributed by atoms with E-state index in [0.29, 0.717) is 11.3 Å². The van der Waals surface area contributed by atoms with Gasteiger partial charge >= 0.3 is 0 Å². The van der Waals surface area contributed by atoms with Crippen molar-refractivity contribution >= 4 is 0 Å². The van der Waals surface area contributed by atoms with E-state index in [0.717, 1.165) is 32.8 Å².